The van der Waals surface area contributed by atoms with E-state index in [0.29, 0.717) is 5.92 Å². The molecule has 3 rings (SSSR count). The number of hydrogen-bond donors (Lipinski definition) is 0. The Balaban J connectivity index is 2.11. The SMILES string of the molecule is CC1CC1c1cn2cc(F)ccc2n1. The van der Waals surface area contributed by atoms with E-state index in [-0.39, 0.29) is 5.82 Å². The molecule has 0 N–H and O–H groups in total. The molecular formula is C11H11FN2. The molecule has 2 aromatic heterocycles. The van der Waals surface area contributed by atoms with Gasteiger partial charge >= 0.3 is 0 Å². The van der Waals surface area contributed by atoms with E-state index in [9.17, 15) is 4.39 Å². The lowest BCUT2D eigenvalue weighted by Crippen LogP contribution is -1.83. The summed E-state index contributed by atoms with van der Waals surface area (Å²) in [6, 6.07) is 3.16. The second-order valence-electron chi connectivity index (χ2n) is 4.10. The second-order valence-corrected chi connectivity index (χ2v) is 4.10. The summed E-state index contributed by atoms with van der Waals surface area (Å²) in [6.45, 7) is 2.22. The highest BCUT2D eigenvalue weighted by Crippen LogP contribution is 2.46. The zero-order valence-electron chi connectivity index (χ0n) is 7.94. The maximum atomic E-state index is 12.9. The minimum absolute atomic E-state index is 0.217. The largest absolute Gasteiger partial charge is 0.304 e. The van der Waals surface area contributed by atoms with E-state index < -0.39 is 0 Å². The van der Waals surface area contributed by atoms with Crippen molar-refractivity contribution in [1.82, 2.24) is 9.38 Å². The number of nitrogens with zero attached hydrogens (tertiary/aromatic N) is 2. The molecule has 0 aromatic carbocycles. The van der Waals surface area contributed by atoms with Crippen molar-refractivity contribution in [3.05, 3.63) is 36.0 Å². The number of rotatable bonds is 1. The van der Waals surface area contributed by atoms with Gasteiger partial charge in [-0.05, 0) is 24.5 Å². The Bertz CT molecular complexity index is 489. The number of imidazole rings is 1. The molecule has 0 aliphatic heterocycles. The molecule has 2 atom stereocenters. The van der Waals surface area contributed by atoms with Crippen LogP contribution in [0.4, 0.5) is 4.39 Å². The van der Waals surface area contributed by atoms with Gasteiger partial charge < -0.3 is 4.40 Å². The van der Waals surface area contributed by atoms with Crippen molar-refractivity contribution < 1.29 is 4.39 Å². The molecule has 2 nitrogen and oxygen atoms in total. The quantitative estimate of drug-likeness (QED) is 0.675. The predicted octanol–water partition coefficient (Wildman–Crippen LogP) is 2.60. The molecule has 0 radical (unpaired) electrons. The van der Waals surface area contributed by atoms with Gasteiger partial charge in [-0.1, -0.05) is 6.92 Å². The Hall–Kier alpha value is -1.38. The van der Waals surface area contributed by atoms with E-state index in [1.807, 2.05) is 6.20 Å². The second kappa shape index (κ2) is 2.56. The zero-order chi connectivity index (χ0) is 9.71. The summed E-state index contributed by atoms with van der Waals surface area (Å²) in [5.74, 6) is 1.12. The molecule has 1 aliphatic rings. The van der Waals surface area contributed by atoms with E-state index in [0.717, 1.165) is 17.3 Å². The van der Waals surface area contributed by atoms with Crippen LogP contribution in [0.25, 0.3) is 5.65 Å². The van der Waals surface area contributed by atoms with Crippen molar-refractivity contribution in [2.75, 3.05) is 0 Å². The Morgan fingerprint density at radius 1 is 1.43 bits per heavy atom. The topological polar surface area (TPSA) is 17.3 Å². The number of aromatic nitrogens is 2. The summed E-state index contributed by atoms with van der Waals surface area (Å²) in [5, 5.41) is 0. The summed E-state index contributed by atoms with van der Waals surface area (Å²) < 4.78 is 14.7. The van der Waals surface area contributed by atoms with Crippen LogP contribution >= 0.6 is 0 Å². The molecule has 2 aromatic rings. The first kappa shape index (κ1) is 7.97. The fourth-order valence-electron chi connectivity index (χ4n) is 1.90. The van der Waals surface area contributed by atoms with Crippen LogP contribution in [0, 0.1) is 11.7 Å². The summed E-state index contributed by atoms with van der Waals surface area (Å²) in [5.41, 5.74) is 1.93. The molecule has 14 heavy (non-hydrogen) atoms. The van der Waals surface area contributed by atoms with Crippen molar-refractivity contribution in [2.45, 2.75) is 19.3 Å². The van der Waals surface area contributed by atoms with Crippen LogP contribution in [0.2, 0.25) is 0 Å². The molecule has 0 spiro atoms. The van der Waals surface area contributed by atoms with Crippen molar-refractivity contribution >= 4 is 5.65 Å². The van der Waals surface area contributed by atoms with Gasteiger partial charge in [0.05, 0.1) is 5.69 Å². The molecule has 1 fully saturated rings. The van der Waals surface area contributed by atoms with E-state index in [1.165, 1.54) is 18.7 Å². The fraction of sp³-hybridized carbons (Fsp3) is 0.364. The number of pyridine rings is 1. The number of halogens is 1. The molecule has 0 saturated heterocycles. The molecule has 2 unspecified atom stereocenters. The van der Waals surface area contributed by atoms with Gasteiger partial charge in [-0.15, -0.1) is 0 Å². The standard InChI is InChI=1S/C11H11FN2/c1-7-4-9(7)10-6-14-5-8(12)2-3-11(14)13-10/h2-3,5-7,9H,4H2,1H3. The van der Waals surface area contributed by atoms with Crippen LogP contribution in [-0.2, 0) is 0 Å². The van der Waals surface area contributed by atoms with Crippen molar-refractivity contribution in [3.63, 3.8) is 0 Å². The first-order valence-electron chi connectivity index (χ1n) is 4.88. The van der Waals surface area contributed by atoms with Gasteiger partial charge in [0.2, 0.25) is 0 Å². The van der Waals surface area contributed by atoms with E-state index in [2.05, 4.69) is 11.9 Å². The van der Waals surface area contributed by atoms with Crippen molar-refractivity contribution in [1.29, 1.82) is 0 Å². The highest BCUT2D eigenvalue weighted by Gasteiger charge is 2.35. The first-order chi connectivity index (χ1) is 6.74. The highest BCUT2D eigenvalue weighted by molar-refractivity contribution is 5.41. The molecular weight excluding hydrogens is 179 g/mol. The third kappa shape index (κ3) is 1.12. The molecule has 1 saturated carbocycles. The summed E-state index contributed by atoms with van der Waals surface area (Å²) >= 11 is 0. The van der Waals surface area contributed by atoms with Gasteiger partial charge in [0, 0.05) is 18.3 Å². The van der Waals surface area contributed by atoms with Gasteiger partial charge in [0.15, 0.2) is 0 Å². The lowest BCUT2D eigenvalue weighted by atomic mass is 10.3. The minimum atomic E-state index is -0.217. The maximum absolute atomic E-state index is 12.9. The summed E-state index contributed by atoms with van der Waals surface area (Å²) in [6.07, 6.45) is 4.62. The summed E-state index contributed by atoms with van der Waals surface area (Å²) in [4.78, 5) is 4.46. The lowest BCUT2D eigenvalue weighted by molar-refractivity contribution is 0.619. The molecule has 0 bridgehead atoms. The Kier molecular flexibility index (Phi) is 1.46. The van der Waals surface area contributed by atoms with Gasteiger partial charge in [0.25, 0.3) is 0 Å². The first-order valence-corrected chi connectivity index (χ1v) is 4.88. The smallest absolute Gasteiger partial charge is 0.139 e. The van der Waals surface area contributed by atoms with Crippen LogP contribution in [0.3, 0.4) is 0 Å². The van der Waals surface area contributed by atoms with Crippen molar-refractivity contribution in [3.8, 4) is 0 Å². The Morgan fingerprint density at radius 2 is 2.21 bits per heavy atom. The molecule has 0 amide bonds. The lowest BCUT2D eigenvalue weighted by Gasteiger charge is -1.90. The fourth-order valence-corrected chi connectivity index (χ4v) is 1.90. The third-order valence-corrected chi connectivity index (χ3v) is 2.92. The minimum Gasteiger partial charge on any atom is -0.304 e. The van der Waals surface area contributed by atoms with Crippen molar-refractivity contribution in [2.24, 2.45) is 5.92 Å². The molecule has 2 heterocycles. The third-order valence-electron chi connectivity index (χ3n) is 2.92. The summed E-state index contributed by atoms with van der Waals surface area (Å²) in [7, 11) is 0. The molecule has 3 heteroatoms. The zero-order valence-corrected chi connectivity index (χ0v) is 7.94. The van der Waals surface area contributed by atoms with E-state index in [4.69, 9.17) is 0 Å². The van der Waals surface area contributed by atoms with Gasteiger partial charge in [-0.25, -0.2) is 9.37 Å². The van der Waals surface area contributed by atoms with Gasteiger partial charge in [-0.2, -0.15) is 0 Å². The molecule has 72 valence electrons. The van der Waals surface area contributed by atoms with Gasteiger partial charge in [-0.3, -0.25) is 0 Å². The number of hydrogen-bond acceptors (Lipinski definition) is 1. The van der Waals surface area contributed by atoms with E-state index in [1.54, 1.807) is 10.5 Å². The van der Waals surface area contributed by atoms with E-state index >= 15 is 0 Å². The number of fused-ring (bicyclic) bond motifs is 1. The van der Waals surface area contributed by atoms with Crippen LogP contribution in [-0.4, -0.2) is 9.38 Å². The average molecular weight is 190 g/mol. The Morgan fingerprint density at radius 3 is 2.93 bits per heavy atom. The van der Waals surface area contributed by atoms with Crippen LogP contribution in [0.15, 0.2) is 24.5 Å². The normalized spacial score (nSPS) is 25.6. The molecule has 1 aliphatic carbocycles. The highest BCUT2D eigenvalue weighted by atomic mass is 19.1. The average Bonchev–Trinajstić information content (AvgIpc) is 2.75. The van der Waals surface area contributed by atoms with Crippen LogP contribution < -0.4 is 0 Å². The van der Waals surface area contributed by atoms with Crippen LogP contribution in [0.5, 0.6) is 0 Å². The Labute approximate surface area is 81.4 Å². The van der Waals surface area contributed by atoms with Gasteiger partial charge in [0.1, 0.15) is 11.5 Å². The predicted molar refractivity (Wildman–Crippen MR) is 51.7 cm³/mol. The monoisotopic (exact) mass is 190 g/mol. The van der Waals surface area contributed by atoms with Crippen LogP contribution in [0.1, 0.15) is 25.0 Å². The maximum Gasteiger partial charge on any atom is 0.139 e.